The molecule has 0 fully saturated rings. The van der Waals surface area contributed by atoms with E-state index in [-0.39, 0.29) is 0 Å². The van der Waals surface area contributed by atoms with Crippen molar-refractivity contribution in [2.75, 3.05) is 5.88 Å². The van der Waals surface area contributed by atoms with E-state index in [1.165, 1.54) is 0 Å². The zero-order valence-electron chi connectivity index (χ0n) is 11.2. The molecule has 0 atom stereocenters. The molecule has 0 spiro atoms. The molecule has 2 rings (SSSR count). The lowest BCUT2D eigenvalue weighted by Gasteiger charge is -2.07. The van der Waals surface area contributed by atoms with Gasteiger partial charge in [0, 0.05) is 17.9 Å². The third kappa shape index (κ3) is 5.17. The molecule has 0 aliphatic rings. The zero-order valence-corrected chi connectivity index (χ0v) is 13.5. The number of benzene rings is 2. The maximum Gasteiger partial charge on any atom is 0.121 e. The highest BCUT2D eigenvalue weighted by Gasteiger charge is 2.01. The third-order valence-corrected chi connectivity index (χ3v) is 3.60. The Balaban J connectivity index is 2.01. The van der Waals surface area contributed by atoms with Crippen LogP contribution >= 0.6 is 34.8 Å². The quantitative estimate of drug-likeness (QED) is 0.524. The van der Waals surface area contributed by atoms with E-state index in [0.29, 0.717) is 29.0 Å². The maximum absolute atomic E-state index is 5.98. The highest BCUT2D eigenvalue weighted by Crippen LogP contribution is 2.23. The molecule has 0 bridgehead atoms. The van der Waals surface area contributed by atoms with Gasteiger partial charge in [-0.1, -0.05) is 47.2 Å². The molecule has 21 heavy (non-hydrogen) atoms. The number of hydrogen-bond donors (Lipinski definition) is 0. The first-order chi connectivity index (χ1) is 10.2. The van der Waals surface area contributed by atoms with Crippen molar-refractivity contribution >= 4 is 34.8 Å². The van der Waals surface area contributed by atoms with Gasteiger partial charge in [0.05, 0.1) is 10.0 Å². The van der Waals surface area contributed by atoms with E-state index in [0.717, 1.165) is 16.9 Å². The van der Waals surface area contributed by atoms with Gasteiger partial charge in [0.25, 0.3) is 0 Å². The van der Waals surface area contributed by atoms with Gasteiger partial charge < -0.3 is 4.74 Å². The zero-order chi connectivity index (χ0) is 15.1. The largest absolute Gasteiger partial charge is 0.489 e. The summed E-state index contributed by atoms with van der Waals surface area (Å²) in [4.78, 5) is 0. The molecule has 0 heterocycles. The fraction of sp³-hybridized carbons (Fsp3) is 0.176. The van der Waals surface area contributed by atoms with E-state index in [4.69, 9.17) is 39.5 Å². The van der Waals surface area contributed by atoms with Crippen LogP contribution in [0.4, 0.5) is 0 Å². The normalized spacial score (nSPS) is 9.86. The first-order valence-corrected chi connectivity index (χ1v) is 7.69. The Labute approximate surface area is 139 Å². The average molecular weight is 340 g/mol. The number of ether oxygens (including phenoxy) is 1. The smallest absolute Gasteiger partial charge is 0.121 e. The lowest BCUT2D eigenvalue weighted by molar-refractivity contribution is 0.306. The summed E-state index contributed by atoms with van der Waals surface area (Å²) in [6.07, 6.45) is 0.677. The average Bonchev–Trinajstić information content (AvgIpc) is 2.49. The molecule has 0 radical (unpaired) electrons. The molecule has 0 aromatic heterocycles. The summed E-state index contributed by atoms with van der Waals surface area (Å²) < 4.78 is 5.74. The van der Waals surface area contributed by atoms with E-state index in [2.05, 4.69) is 11.8 Å². The third-order valence-electron chi connectivity index (χ3n) is 2.68. The molecule has 0 amide bonds. The van der Waals surface area contributed by atoms with E-state index in [1.54, 1.807) is 12.1 Å². The predicted octanol–water partition coefficient (Wildman–Crippen LogP) is 5.55. The number of rotatable bonds is 4. The van der Waals surface area contributed by atoms with Crippen LogP contribution in [0.1, 0.15) is 17.5 Å². The van der Waals surface area contributed by atoms with Crippen molar-refractivity contribution in [2.24, 2.45) is 0 Å². The minimum Gasteiger partial charge on any atom is -0.489 e. The first kappa shape index (κ1) is 16.0. The SMILES string of the molecule is ClCCC#Cc1cccc(OCc2ccc(Cl)c(Cl)c2)c1. The lowest BCUT2D eigenvalue weighted by atomic mass is 10.2. The Hall–Kier alpha value is -1.33. The minimum atomic E-state index is 0.426. The highest BCUT2D eigenvalue weighted by atomic mass is 35.5. The minimum absolute atomic E-state index is 0.426. The van der Waals surface area contributed by atoms with E-state index in [1.807, 2.05) is 30.3 Å². The van der Waals surface area contributed by atoms with Gasteiger partial charge in [0.15, 0.2) is 0 Å². The van der Waals surface area contributed by atoms with E-state index in [9.17, 15) is 0 Å². The Morgan fingerprint density at radius 2 is 1.86 bits per heavy atom. The van der Waals surface area contributed by atoms with Crippen molar-refractivity contribution in [1.29, 1.82) is 0 Å². The standard InChI is InChI=1S/C17H13Cl3O/c18-9-2-1-4-13-5-3-6-15(10-13)21-12-14-7-8-16(19)17(20)11-14/h3,5-8,10-11H,2,9,12H2. The Morgan fingerprint density at radius 3 is 2.62 bits per heavy atom. The summed E-state index contributed by atoms with van der Waals surface area (Å²) in [6.45, 7) is 0.426. The van der Waals surface area contributed by atoms with Crippen LogP contribution in [-0.2, 0) is 6.61 Å². The fourth-order valence-corrected chi connectivity index (χ4v) is 2.09. The summed E-state index contributed by atoms with van der Waals surface area (Å²) in [5, 5.41) is 1.07. The summed E-state index contributed by atoms with van der Waals surface area (Å²) in [7, 11) is 0. The number of alkyl halides is 1. The van der Waals surface area contributed by atoms with Crippen LogP contribution in [-0.4, -0.2) is 5.88 Å². The Bertz CT molecular complexity index is 671. The molecule has 108 valence electrons. The number of halogens is 3. The van der Waals surface area contributed by atoms with Gasteiger partial charge in [-0.15, -0.1) is 11.6 Å². The van der Waals surface area contributed by atoms with Crippen LogP contribution in [0, 0.1) is 11.8 Å². The van der Waals surface area contributed by atoms with E-state index < -0.39 is 0 Å². The van der Waals surface area contributed by atoms with Gasteiger partial charge in [-0.25, -0.2) is 0 Å². The monoisotopic (exact) mass is 338 g/mol. The second kappa shape index (κ2) is 8.20. The van der Waals surface area contributed by atoms with Gasteiger partial charge in [0.1, 0.15) is 12.4 Å². The van der Waals surface area contributed by atoms with Crippen LogP contribution < -0.4 is 4.74 Å². The topological polar surface area (TPSA) is 9.23 Å². The molecule has 1 nitrogen and oxygen atoms in total. The van der Waals surface area contributed by atoms with Crippen LogP contribution in [0.25, 0.3) is 0 Å². The Morgan fingerprint density at radius 1 is 1.00 bits per heavy atom. The summed E-state index contributed by atoms with van der Waals surface area (Å²) in [5.41, 5.74) is 1.87. The molecule has 2 aromatic rings. The van der Waals surface area contributed by atoms with E-state index >= 15 is 0 Å². The summed E-state index contributed by atoms with van der Waals surface area (Å²) in [5.74, 6) is 7.35. The number of hydrogen-bond acceptors (Lipinski definition) is 1. The molecule has 0 saturated heterocycles. The van der Waals surface area contributed by atoms with Gasteiger partial charge in [-0.2, -0.15) is 0 Å². The van der Waals surface area contributed by atoms with Crippen molar-refractivity contribution in [3.8, 4) is 17.6 Å². The molecule has 0 aliphatic heterocycles. The van der Waals surface area contributed by atoms with Crippen molar-refractivity contribution in [1.82, 2.24) is 0 Å². The first-order valence-electron chi connectivity index (χ1n) is 6.40. The van der Waals surface area contributed by atoms with Crippen LogP contribution in [0.5, 0.6) is 5.75 Å². The van der Waals surface area contributed by atoms with Crippen LogP contribution in [0.3, 0.4) is 0 Å². The summed E-state index contributed by atoms with van der Waals surface area (Å²) in [6, 6.07) is 13.1. The van der Waals surface area contributed by atoms with Crippen molar-refractivity contribution in [2.45, 2.75) is 13.0 Å². The van der Waals surface area contributed by atoms with Crippen molar-refractivity contribution < 1.29 is 4.74 Å². The fourth-order valence-electron chi connectivity index (χ4n) is 1.67. The summed E-state index contributed by atoms with van der Waals surface area (Å²) >= 11 is 17.4. The molecule has 0 N–H and O–H groups in total. The van der Waals surface area contributed by atoms with Gasteiger partial charge in [0.2, 0.25) is 0 Å². The van der Waals surface area contributed by atoms with Crippen molar-refractivity contribution in [3.05, 3.63) is 63.6 Å². The highest BCUT2D eigenvalue weighted by molar-refractivity contribution is 6.42. The van der Waals surface area contributed by atoms with Crippen LogP contribution in [0.2, 0.25) is 10.0 Å². The molecule has 2 aromatic carbocycles. The predicted molar refractivity (Wildman–Crippen MR) is 89.5 cm³/mol. The molecule has 0 saturated carbocycles. The van der Waals surface area contributed by atoms with Gasteiger partial charge >= 0.3 is 0 Å². The second-order valence-electron chi connectivity index (χ2n) is 4.31. The Kier molecular flexibility index (Phi) is 6.26. The molecular formula is C17H13Cl3O. The van der Waals surface area contributed by atoms with Gasteiger partial charge in [-0.3, -0.25) is 0 Å². The van der Waals surface area contributed by atoms with Gasteiger partial charge in [-0.05, 0) is 35.9 Å². The lowest BCUT2D eigenvalue weighted by Crippen LogP contribution is -1.95. The molecule has 0 aliphatic carbocycles. The maximum atomic E-state index is 5.98. The molecule has 4 heteroatoms. The second-order valence-corrected chi connectivity index (χ2v) is 5.50. The van der Waals surface area contributed by atoms with Crippen molar-refractivity contribution in [3.63, 3.8) is 0 Å². The molecule has 0 unspecified atom stereocenters. The molecular weight excluding hydrogens is 327 g/mol. The van der Waals surface area contributed by atoms with Crippen LogP contribution in [0.15, 0.2) is 42.5 Å².